The zero-order valence-corrected chi connectivity index (χ0v) is 7.51. The van der Waals surface area contributed by atoms with Gasteiger partial charge in [-0.3, -0.25) is 0 Å². The van der Waals surface area contributed by atoms with E-state index in [0.717, 1.165) is 5.56 Å². The molecule has 1 aliphatic heterocycles. The predicted molar refractivity (Wildman–Crippen MR) is 47.5 cm³/mol. The zero-order chi connectivity index (χ0) is 9.80. The number of hydrogen-bond acceptors (Lipinski definition) is 4. The first-order valence-corrected chi connectivity index (χ1v) is 4.33. The van der Waals surface area contributed by atoms with Gasteiger partial charge in [0, 0.05) is 0 Å². The summed E-state index contributed by atoms with van der Waals surface area (Å²) in [5.74, 6) is 0. The number of benzene rings is 1. The van der Waals surface area contributed by atoms with E-state index in [1.807, 2.05) is 30.3 Å². The topological polar surface area (TPSA) is 44.8 Å². The highest BCUT2D eigenvalue weighted by Crippen LogP contribution is 2.10. The lowest BCUT2D eigenvalue weighted by molar-refractivity contribution is -0.0860. The van der Waals surface area contributed by atoms with Crippen LogP contribution in [0.4, 0.5) is 4.79 Å². The number of carbonyl (C=O) groups excluding carboxylic acids is 1. The molecule has 1 aromatic carbocycles. The summed E-state index contributed by atoms with van der Waals surface area (Å²) in [6.07, 6.45) is -1.23. The monoisotopic (exact) mass is 194 g/mol. The van der Waals surface area contributed by atoms with Crippen molar-refractivity contribution >= 4 is 6.16 Å². The minimum Gasteiger partial charge on any atom is -0.428 e. The van der Waals surface area contributed by atoms with Crippen LogP contribution in [0, 0.1) is 0 Å². The van der Waals surface area contributed by atoms with Crippen LogP contribution in [0.25, 0.3) is 0 Å². The summed E-state index contributed by atoms with van der Waals surface area (Å²) in [7, 11) is 0. The molecule has 1 unspecified atom stereocenters. The molecule has 0 amide bonds. The number of hydrogen-bond donors (Lipinski definition) is 0. The Morgan fingerprint density at radius 1 is 1.36 bits per heavy atom. The summed E-state index contributed by atoms with van der Waals surface area (Å²) in [4.78, 5) is 10.5. The average Bonchev–Trinajstić information content (AvgIpc) is 2.63. The Bertz CT molecular complexity index is 309. The van der Waals surface area contributed by atoms with E-state index in [9.17, 15) is 4.79 Å². The van der Waals surface area contributed by atoms with Crippen molar-refractivity contribution in [1.82, 2.24) is 0 Å². The highest BCUT2D eigenvalue weighted by molar-refractivity contribution is 5.61. The molecule has 4 nitrogen and oxygen atoms in total. The Kier molecular flexibility index (Phi) is 2.65. The zero-order valence-electron chi connectivity index (χ0n) is 7.51. The molecule has 0 aliphatic carbocycles. The van der Waals surface area contributed by atoms with Crippen molar-refractivity contribution in [2.45, 2.75) is 12.9 Å². The van der Waals surface area contributed by atoms with E-state index >= 15 is 0 Å². The third-order valence-electron chi connectivity index (χ3n) is 1.84. The second-order valence-corrected chi connectivity index (χ2v) is 2.91. The molecule has 0 N–H and O–H groups in total. The molecule has 1 saturated heterocycles. The van der Waals surface area contributed by atoms with E-state index in [2.05, 4.69) is 4.74 Å². The van der Waals surface area contributed by atoms with Crippen molar-refractivity contribution in [3.8, 4) is 0 Å². The molecule has 14 heavy (non-hydrogen) atoms. The van der Waals surface area contributed by atoms with E-state index in [0.29, 0.717) is 6.61 Å². The normalized spacial score (nSPS) is 20.3. The first-order valence-electron chi connectivity index (χ1n) is 4.33. The van der Waals surface area contributed by atoms with Crippen LogP contribution in [-0.2, 0) is 20.8 Å². The molecular formula is C10H10O4. The lowest BCUT2D eigenvalue weighted by Gasteiger charge is -2.07. The van der Waals surface area contributed by atoms with Crippen LogP contribution >= 0.6 is 0 Å². The predicted octanol–water partition coefficient (Wildman–Crippen LogP) is 1.70. The van der Waals surface area contributed by atoms with Crippen LogP contribution in [0.1, 0.15) is 5.56 Å². The Hall–Kier alpha value is -1.55. The van der Waals surface area contributed by atoms with Gasteiger partial charge < -0.3 is 14.2 Å². The number of cyclic esters (lactones) is 2. The highest BCUT2D eigenvalue weighted by atomic mass is 16.8. The maximum absolute atomic E-state index is 10.5. The standard InChI is InChI=1S/C10H10O4/c11-10-13-7-9(14-10)12-6-8-4-2-1-3-5-8/h1-5,9H,6-7H2. The van der Waals surface area contributed by atoms with E-state index in [1.165, 1.54) is 0 Å². The highest BCUT2D eigenvalue weighted by Gasteiger charge is 2.25. The summed E-state index contributed by atoms with van der Waals surface area (Å²) in [5.41, 5.74) is 1.04. The molecule has 1 fully saturated rings. The third-order valence-corrected chi connectivity index (χ3v) is 1.84. The first-order chi connectivity index (χ1) is 6.84. The van der Waals surface area contributed by atoms with Gasteiger partial charge in [0.15, 0.2) is 6.61 Å². The lowest BCUT2D eigenvalue weighted by Crippen LogP contribution is -2.14. The minimum absolute atomic E-state index is 0.172. The van der Waals surface area contributed by atoms with Crippen molar-refractivity contribution in [3.63, 3.8) is 0 Å². The van der Waals surface area contributed by atoms with Gasteiger partial charge in [-0.05, 0) is 5.56 Å². The molecular weight excluding hydrogens is 184 g/mol. The quantitative estimate of drug-likeness (QED) is 0.687. The van der Waals surface area contributed by atoms with Crippen molar-refractivity contribution < 1.29 is 19.0 Å². The fraction of sp³-hybridized carbons (Fsp3) is 0.300. The molecule has 74 valence electrons. The largest absolute Gasteiger partial charge is 0.510 e. The lowest BCUT2D eigenvalue weighted by atomic mass is 10.2. The second-order valence-electron chi connectivity index (χ2n) is 2.91. The van der Waals surface area contributed by atoms with Gasteiger partial charge in [0.05, 0.1) is 6.61 Å². The summed E-state index contributed by atoms with van der Waals surface area (Å²) in [5, 5.41) is 0. The average molecular weight is 194 g/mol. The van der Waals surface area contributed by atoms with E-state index in [4.69, 9.17) is 9.47 Å². The van der Waals surface area contributed by atoms with E-state index in [-0.39, 0.29) is 6.61 Å². The Balaban J connectivity index is 1.80. The van der Waals surface area contributed by atoms with Gasteiger partial charge in [-0.25, -0.2) is 4.79 Å². The maximum atomic E-state index is 10.5. The summed E-state index contributed by atoms with van der Waals surface area (Å²) in [6.45, 7) is 0.591. The maximum Gasteiger partial charge on any atom is 0.510 e. The molecule has 1 heterocycles. The van der Waals surface area contributed by atoms with Gasteiger partial charge in [-0.2, -0.15) is 0 Å². The smallest absolute Gasteiger partial charge is 0.428 e. The Morgan fingerprint density at radius 2 is 2.14 bits per heavy atom. The molecule has 0 aromatic heterocycles. The van der Waals surface area contributed by atoms with Gasteiger partial charge in [0.1, 0.15) is 0 Å². The Morgan fingerprint density at radius 3 is 2.79 bits per heavy atom. The van der Waals surface area contributed by atoms with Crippen LogP contribution in [-0.4, -0.2) is 19.1 Å². The van der Waals surface area contributed by atoms with Gasteiger partial charge in [-0.1, -0.05) is 30.3 Å². The third kappa shape index (κ3) is 2.23. The number of rotatable bonds is 3. The summed E-state index contributed by atoms with van der Waals surface area (Å²) >= 11 is 0. The fourth-order valence-corrected chi connectivity index (χ4v) is 1.16. The van der Waals surface area contributed by atoms with Gasteiger partial charge >= 0.3 is 6.16 Å². The second kappa shape index (κ2) is 4.11. The van der Waals surface area contributed by atoms with Crippen LogP contribution < -0.4 is 0 Å². The van der Waals surface area contributed by atoms with Gasteiger partial charge in [0.25, 0.3) is 0 Å². The summed E-state index contributed by atoms with van der Waals surface area (Å²) in [6, 6.07) is 9.67. The molecule has 0 bridgehead atoms. The molecule has 0 saturated carbocycles. The van der Waals surface area contributed by atoms with Gasteiger partial charge in [-0.15, -0.1) is 0 Å². The molecule has 4 heteroatoms. The van der Waals surface area contributed by atoms with Crippen molar-refractivity contribution in [2.24, 2.45) is 0 Å². The molecule has 1 aliphatic rings. The molecule has 0 radical (unpaired) electrons. The first kappa shape index (κ1) is 9.02. The molecule has 1 aromatic rings. The van der Waals surface area contributed by atoms with Gasteiger partial charge in [0.2, 0.25) is 6.29 Å². The van der Waals surface area contributed by atoms with Crippen LogP contribution in [0.15, 0.2) is 30.3 Å². The number of carbonyl (C=O) groups is 1. The molecule has 2 rings (SSSR count). The fourth-order valence-electron chi connectivity index (χ4n) is 1.16. The SMILES string of the molecule is O=C1OCC(OCc2ccccc2)O1. The van der Waals surface area contributed by atoms with Crippen molar-refractivity contribution in [2.75, 3.05) is 6.61 Å². The van der Waals surface area contributed by atoms with E-state index in [1.54, 1.807) is 0 Å². The number of ether oxygens (including phenoxy) is 3. The Labute approximate surface area is 81.4 Å². The van der Waals surface area contributed by atoms with Crippen molar-refractivity contribution in [1.29, 1.82) is 0 Å². The van der Waals surface area contributed by atoms with Crippen molar-refractivity contribution in [3.05, 3.63) is 35.9 Å². The van der Waals surface area contributed by atoms with Crippen LogP contribution in [0.2, 0.25) is 0 Å². The van der Waals surface area contributed by atoms with E-state index < -0.39 is 12.4 Å². The molecule has 0 spiro atoms. The molecule has 1 atom stereocenters. The summed E-state index contributed by atoms with van der Waals surface area (Å²) < 4.78 is 14.6. The minimum atomic E-state index is -0.664. The van der Waals surface area contributed by atoms with Crippen LogP contribution in [0.3, 0.4) is 0 Å². The van der Waals surface area contributed by atoms with Crippen LogP contribution in [0.5, 0.6) is 0 Å².